The van der Waals surface area contributed by atoms with E-state index in [1.807, 2.05) is 0 Å². The van der Waals surface area contributed by atoms with Crippen LogP contribution in [0.1, 0.15) is 10.4 Å². The van der Waals surface area contributed by atoms with Gasteiger partial charge in [0.15, 0.2) is 0 Å². The van der Waals surface area contributed by atoms with Crippen molar-refractivity contribution in [2.75, 3.05) is 32.7 Å². The van der Waals surface area contributed by atoms with Gasteiger partial charge in [-0.05, 0) is 18.2 Å². The molecule has 0 atom stereocenters. The van der Waals surface area contributed by atoms with E-state index < -0.39 is 11.7 Å². The third-order valence-electron chi connectivity index (χ3n) is 2.40. The molecule has 0 spiro atoms. The van der Waals surface area contributed by atoms with Crippen molar-refractivity contribution in [3.8, 4) is 5.75 Å². The number of nitrogens with zero attached hydrogens (tertiary/aromatic N) is 1. The maximum Gasteiger partial charge on any atom is 0.257 e. The Morgan fingerprint density at radius 2 is 2.22 bits per heavy atom. The van der Waals surface area contributed by atoms with Crippen molar-refractivity contribution in [1.29, 1.82) is 0 Å². The van der Waals surface area contributed by atoms with E-state index in [0.717, 1.165) is 18.2 Å². The van der Waals surface area contributed by atoms with Crippen LogP contribution in [0.25, 0.3) is 0 Å². The van der Waals surface area contributed by atoms with Crippen LogP contribution in [0.2, 0.25) is 0 Å². The first-order valence-corrected chi connectivity index (χ1v) is 5.96. The minimum absolute atomic E-state index is 0.0729. The quantitative estimate of drug-likeness (QED) is 0.806. The van der Waals surface area contributed by atoms with Crippen molar-refractivity contribution in [3.05, 3.63) is 29.6 Å². The number of benzene rings is 1. The minimum atomic E-state index is -0.575. The largest absolute Gasteiger partial charge is 0.507 e. The van der Waals surface area contributed by atoms with E-state index in [-0.39, 0.29) is 17.2 Å². The van der Waals surface area contributed by atoms with Gasteiger partial charge in [0.1, 0.15) is 11.6 Å². The first kappa shape index (κ1) is 14.7. The zero-order chi connectivity index (χ0) is 13.5. The van der Waals surface area contributed by atoms with Crippen LogP contribution in [-0.4, -0.2) is 48.6 Å². The maximum atomic E-state index is 13.1. The van der Waals surface area contributed by atoms with Gasteiger partial charge in [-0.3, -0.25) is 4.79 Å². The lowest BCUT2D eigenvalue weighted by Gasteiger charge is -2.21. The van der Waals surface area contributed by atoms with Crippen molar-refractivity contribution in [1.82, 2.24) is 4.90 Å². The Morgan fingerprint density at radius 1 is 1.50 bits per heavy atom. The summed E-state index contributed by atoms with van der Waals surface area (Å²) in [5.74, 6) is -1.04. The summed E-state index contributed by atoms with van der Waals surface area (Å²) in [7, 11) is 1.52. The second-order valence-electron chi connectivity index (χ2n) is 3.64. The van der Waals surface area contributed by atoms with E-state index >= 15 is 0 Å². The molecule has 0 aliphatic carbocycles. The molecule has 1 aromatic rings. The van der Waals surface area contributed by atoms with Crippen LogP contribution in [0.4, 0.5) is 4.39 Å². The first-order chi connectivity index (χ1) is 8.60. The van der Waals surface area contributed by atoms with Crippen LogP contribution in [0.3, 0.4) is 0 Å². The van der Waals surface area contributed by atoms with Crippen LogP contribution in [0, 0.1) is 5.82 Å². The lowest BCUT2D eigenvalue weighted by molar-refractivity contribution is 0.0704. The Labute approximate surface area is 110 Å². The lowest BCUT2D eigenvalue weighted by Crippen LogP contribution is -2.35. The topological polar surface area (TPSA) is 49.8 Å². The normalized spacial score (nSPS) is 10.4. The summed E-state index contributed by atoms with van der Waals surface area (Å²) in [6, 6.07) is 3.25. The van der Waals surface area contributed by atoms with E-state index in [4.69, 9.17) is 16.3 Å². The fourth-order valence-corrected chi connectivity index (χ4v) is 1.67. The molecule has 1 N–H and O–H groups in total. The zero-order valence-corrected chi connectivity index (χ0v) is 10.8. The predicted octanol–water partition coefficient (Wildman–Crippen LogP) is 1.86. The molecule has 0 saturated carbocycles. The van der Waals surface area contributed by atoms with Crippen molar-refractivity contribution in [3.63, 3.8) is 0 Å². The highest BCUT2D eigenvalue weighted by Gasteiger charge is 2.19. The fourth-order valence-electron chi connectivity index (χ4n) is 1.47. The Hall–Kier alpha value is -1.33. The summed E-state index contributed by atoms with van der Waals surface area (Å²) < 4.78 is 18.0. The van der Waals surface area contributed by atoms with Crippen molar-refractivity contribution < 1.29 is 19.0 Å². The average Bonchev–Trinajstić information content (AvgIpc) is 2.36. The SMILES string of the molecule is COCCN(CCCl)C(=O)c1cc(F)ccc1O. The molecule has 0 aliphatic heterocycles. The molecule has 0 aliphatic rings. The van der Waals surface area contributed by atoms with Gasteiger partial charge in [0.25, 0.3) is 5.91 Å². The third kappa shape index (κ3) is 3.85. The number of carbonyl (C=O) groups is 1. The van der Waals surface area contributed by atoms with Gasteiger partial charge in [0.2, 0.25) is 0 Å². The smallest absolute Gasteiger partial charge is 0.257 e. The Bertz CT molecular complexity index is 414. The van der Waals surface area contributed by atoms with Crippen LogP contribution in [0.5, 0.6) is 5.75 Å². The number of carbonyl (C=O) groups excluding carboxylic acids is 1. The highest BCUT2D eigenvalue weighted by molar-refractivity contribution is 6.18. The molecule has 100 valence electrons. The summed E-state index contributed by atoms with van der Waals surface area (Å²) in [5.41, 5.74) is -0.0729. The number of amides is 1. The summed E-state index contributed by atoms with van der Waals surface area (Å²) in [4.78, 5) is 13.5. The summed E-state index contributed by atoms with van der Waals surface area (Å²) >= 11 is 5.61. The molecule has 0 fully saturated rings. The molecule has 0 aromatic heterocycles. The average molecular weight is 276 g/mol. The molecule has 6 heteroatoms. The lowest BCUT2D eigenvalue weighted by atomic mass is 10.1. The van der Waals surface area contributed by atoms with E-state index in [0.29, 0.717) is 19.7 Å². The standard InChI is InChI=1S/C12H15ClFNO3/c1-18-7-6-15(5-4-13)12(17)10-8-9(14)2-3-11(10)16/h2-3,8,16H,4-7H2,1H3. The molecular weight excluding hydrogens is 261 g/mol. The molecule has 1 rings (SSSR count). The monoisotopic (exact) mass is 275 g/mol. The number of hydrogen-bond acceptors (Lipinski definition) is 3. The first-order valence-electron chi connectivity index (χ1n) is 5.42. The van der Waals surface area contributed by atoms with Crippen molar-refractivity contribution in [2.45, 2.75) is 0 Å². The molecule has 0 heterocycles. The van der Waals surface area contributed by atoms with Crippen LogP contribution >= 0.6 is 11.6 Å². The maximum absolute atomic E-state index is 13.1. The fraction of sp³-hybridized carbons (Fsp3) is 0.417. The van der Waals surface area contributed by atoms with E-state index in [1.165, 1.54) is 12.0 Å². The molecular formula is C12H15ClFNO3. The summed E-state index contributed by atoms with van der Waals surface area (Å²) in [6.07, 6.45) is 0. The van der Waals surface area contributed by atoms with Crippen LogP contribution < -0.4 is 0 Å². The number of halogens is 2. The summed E-state index contributed by atoms with van der Waals surface area (Å²) in [6.45, 7) is 0.983. The second-order valence-corrected chi connectivity index (χ2v) is 4.01. The van der Waals surface area contributed by atoms with E-state index in [2.05, 4.69) is 0 Å². The van der Waals surface area contributed by atoms with Gasteiger partial charge in [0.05, 0.1) is 12.2 Å². The number of phenols is 1. The molecule has 1 amide bonds. The van der Waals surface area contributed by atoms with Crippen molar-refractivity contribution >= 4 is 17.5 Å². The molecule has 0 radical (unpaired) electrons. The third-order valence-corrected chi connectivity index (χ3v) is 2.57. The highest BCUT2D eigenvalue weighted by atomic mass is 35.5. The predicted molar refractivity (Wildman–Crippen MR) is 66.6 cm³/mol. The zero-order valence-electron chi connectivity index (χ0n) is 10.0. The molecule has 0 unspecified atom stereocenters. The molecule has 0 bridgehead atoms. The molecule has 1 aromatic carbocycles. The Morgan fingerprint density at radius 3 is 2.83 bits per heavy atom. The van der Waals surface area contributed by atoms with Gasteiger partial charge >= 0.3 is 0 Å². The number of alkyl halides is 1. The van der Waals surface area contributed by atoms with Gasteiger partial charge in [-0.25, -0.2) is 4.39 Å². The van der Waals surface area contributed by atoms with E-state index in [9.17, 15) is 14.3 Å². The number of ether oxygens (including phenoxy) is 1. The Kier molecular flexibility index (Phi) is 5.88. The Balaban J connectivity index is 2.90. The number of hydrogen-bond donors (Lipinski definition) is 1. The second kappa shape index (κ2) is 7.18. The van der Waals surface area contributed by atoms with Crippen LogP contribution in [0.15, 0.2) is 18.2 Å². The number of aromatic hydroxyl groups is 1. The van der Waals surface area contributed by atoms with Gasteiger partial charge < -0.3 is 14.7 Å². The minimum Gasteiger partial charge on any atom is -0.507 e. The van der Waals surface area contributed by atoms with Crippen LogP contribution in [-0.2, 0) is 4.74 Å². The van der Waals surface area contributed by atoms with E-state index in [1.54, 1.807) is 0 Å². The van der Waals surface area contributed by atoms with Gasteiger partial charge in [-0.2, -0.15) is 0 Å². The molecule has 4 nitrogen and oxygen atoms in total. The van der Waals surface area contributed by atoms with Gasteiger partial charge in [0, 0.05) is 26.1 Å². The number of rotatable bonds is 6. The number of methoxy groups -OCH3 is 1. The van der Waals surface area contributed by atoms with Gasteiger partial charge in [-0.15, -0.1) is 11.6 Å². The number of phenolic OH excluding ortho intramolecular Hbond substituents is 1. The molecule has 18 heavy (non-hydrogen) atoms. The summed E-state index contributed by atoms with van der Waals surface area (Å²) in [5, 5.41) is 9.57. The highest BCUT2D eigenvalue weighted by Crippen LogP contribution is 2.19. The molecule has 0 saturated heterocycles. The van der Waals surface area contributed by atoms with Crippen molar-refractivity contribution in [2.24, 2.45) is 0 Å². The van der Waals surface area contributed by atoms with Gasteiger partial charge in [-0.1, -0.05) is 0 Å².